The van der Waals surface area contributed by atoms with Crippen molar-refractivity contribution in [2.24, 2.45) is 21.1 Å². The van der Waals surface area contributed by atoms with Gasteiger partial charge in [0.15, 0.2) is 5.84 Å². The van der Waals surface area contributed by atoms with E-state index in [2.05, 4.69) is 25.5 Å². The molecular formula is C22H25ClN8O. The number of halogens is 1. The zero-order valence-electron chi connectivity index (χ0n) is 18.1. The minimum Gasteiger partial charge on any atom is -0.334 e. The summed E-state index contributed by atoms with van der Waals surface area (Å²) in [6.45, 7) is 4.61. The van der Waals surface area contributed by atoms with Gasteiger partial charge in [0.25, 0.3) is 0 Å². The molecule has 2 bridgehead atoms. The number of carbonyl (C=O) groups is 1. The number of rotatable bonds is 2. The van der Waals surface area contributed by atoms with Crippen molar-refractivity contribution in [3.63, 3.8) is 0 Å². The first-order valence-electron chi connectivity index (χ1n) is 11.2. The van der Waals surface area contributed by atoms with E-state index >= 15 is 0 Å². The number of nitrogens with one attached hydrogen (secondary N) is 1. The fourth-order valence-electron chi connectivity index (χ4n) is 5.35. The maximum absolute atomic E-state index is 13.6. The third kappa shape index (κ3) is 2.84. The summed E-state index contributed by atoms with van der Waals surface area (Å²) in [5.74, 6) is 0.447. The normalized spacial score (nSPS) is 27.4. The van der Waals surface area contributed by atoms with E-state index in [-0.39, 0.29) is 5.91 Å². The van der Waals surface area contributed by atoms with Gasteiger partial charge >= 0.3 is 0 Å². The van der Waals surface area contributed by atoms with Gasteiger partial charge in [0.05, 0.1) is 16.3 Å². The highest BCUT2D eigenvalue weighted by atomic mass is 35.5. The van der Waals surface area contributed by atoms with Crippen LogP contribution in [0.4, 0.5) is 0 Å². The number of benzene rings is 1. The first-order valence-corrected chi connectivity index (χ1v) is 11.6. The molecule has 0 saturated carbocycles. The number of fused-ring (bicyclic) bond motifs is 4. The van der Waals surface area contributed by atoms with E-state index < -0.39 is 5.92 Å². The van der Waals surface area contributed by atoms with Gasteiger partial charge in [-0.3, -0.25) is 14.4 Å². The van der Waals surface area contributed by atoms with Crippen LogP contribution >= 0.6 is 11.6 Å². The molecule has 1 aromatic carbocycles. The first kappa shape index (κ1) is 19.9. The molecule has 2 aromatic rings. The highest BCUT2D eigenvalue weighted by molar-refractivity contribution is 6.42. The zero-order chi connectivity index (χ0) is 22.0. The predicted octanol–water partition coefficient (Wildman–Crippen LogP) is 2.10. The Morgan fingerprint density at radius 2 is 1.97 bits per heavy atom. The minimum absolute atomic E-state index is 0.0676. The Morgan fingerprint density at radius 3 is 2.72 bits per heavy atom. The highest BCUT2D eigenvalue weighted by Gasteiger charge is 2.46. The predicted molar refractivity (Wildman–Crippen MR) is 124 cm³/mol. The summed E-state index contributed by atoms with van der Waals surface area (Å²) in [6.07, 6.45) is 5.34. The maximum atomic E-state index is 13.6. The van der Waals surface area contributed by atoms with Crippen molar-refractivity contribution in [3.8, 4) is 0 Å². The van der Waals surface area contributed by atoms with E-state index in [4.69, 9.17) is 16.6 Å². The molecular weight excluding hydrogens is 428 g/mol. The molecule has 0 spiro atoms. The van der Waals surface area contributed by atoms with Crippen LogP contribution in [0.1, 0.15) is 31.7 Å². The van der Waals surface area contributed by atoms with Gasteiger partial charge in [-0.25, -0.2) is 0 Å². The fraction of sp³-hybridized carbons (Fsp3) is 0.500. The lowest BCUT2D eigenvalue weighted by Gasteiger charge is -2.50. The second-order valence-corrected chi connectivity index (χ2v) is 9.21. The summed E-state index contributed by atoms with van der Waals surface area (Å²) in [5, 5.41) is 18.1. The summed E-state index contributed by atoms with van der Waals surface area (Å²) in [4.78, 5) is 22.4. The number of aryl methyl sites for hydroxylation is 1. The number of hydrogen-bond acceptors (Lipinski definition) is 7. The molecule has 1 N–H and O–H groups in total. The van der Waals surface area contributed by atoms with Gasteiger partial charge in [-0.05, 0) is 38.3 Å². The van der Waals surface area contributed by atoms with Crippen molar-refractivity contribution in [1.82, 2.24) is 24.9 Å². The summed E-state index contributed by atoms with van der Waals surface area (Å²) in [5.41, 5.74) is 2.08. The van der Waals surface area contributed by atoms with Crippen molar-refractivity contribution in [2.75, 3.05) is 20.1 Å². The average molecular weight is 453 g/mol. The lowest BCUT2D eigenvalue weighted by molar-refractivity contribution is -0.127. The van der Waals surface area contributed by atoms with Crippen molar-refractivity contribution in [1.29, 1.82) is 0 Å². The Balaban J connectivity index is 1.36. The molecule has 3 unspecified atom stereocenters. The van der Waals surface area contributed by atoms with E-state index in [1.165, 1.54) is 6.42 Å². The Bertz CT molecular complexity index is 1190. The molecule has 5 heterocycles. The van der Waals surface area contributed by atoms with E-state index in [0.717, 1.165) is 43.4 Å². The number of hydrogen-bond donors (Lipinski definition) is 1. The lowest BCUT2D eigenvalue weighted by atomic mass is 9.91. The largest absolute Gasteiger partial charge is 0.334 e. The van der Waals surface area contributed by atoms with Gasteiger partial charge in [0.1, 0.15) is 5.92 Å². The zero-order valence-corrected chi connectivity index (χ0v) is 18.9. The smallest absolute Gasteiger partial charge is 0.246 e. The fourth-order valence-corrected chi connectivity index (χ4v) is 5.65. The van der Waals surface area contributed by atoms with Gasteiger partial charge < -0.3 is 10.2 Å². The average Bonchev–Trinajstić information content (AvgIpc) is 3.40. The second-order valence-electron chi connectivity index (χ2n) is 8.83. The third-order valence-corrected chi connectivity index (χ3v) is 7.41. The first-order chi connectivity index (χ1) is 15.6. The van der Waals surface area contributed by atoms with Crippen LogP contribution in [-0.4, -0.2) is 75.2 Å². The van der Waals surface area contributed by atoms with Crippen LogP contribution in [0.2, 0.25) is 5.02 Å². The van der Waals surface area contributed by atoms with E-state index in [1.807, 2.05) is 37.0 Å². The molecule has 3 atom stereocenters. The van der Waals surface area contributed by atoms with Gasteiger partial charge in [0, 0.05) is 55.9 Å². The SMILES string of the molecule is CCn1cc2c(Cl)c(C3=NN=C4N=C(N5C6CCCC5CNC6)N(C)C(=O)C43)ccc2n1. The lowest BCUT2D eigenvalue weighted by Crippen LogP contribution is -2.66. The van der Waals surface area contributed by atoms with Gasteiger partial charge in [-0.2, -0.15) is 15.2 Å². The molecule has 10 heteroatoms. The topological polar surface area (TPSA) is 90.5 Å². The second kappa shape index (κ2) is 7.38. The molecule has 4 aliphatic heterocycles. The summed E-state index contributed by atoms with van der Waals surface area (Å²) in [7, 11) is 1.81. The van der Waals surface area contributed by atoms with Crippen LogP contribution in [0, 0.1) is 5.92 Å². The molecule has 0 radical (unpaired) electrons. The molecule has 2 fully saturated rings. The molecule has 4 aliphatic rings. The van der Waals surface area contributed by atoms with Gasteiger partial charge in [-0.15, -0.1) is 5.10 Å². The molecule has 32 heavy (non-hydrogen) atoms. The number of piperazine rings is 1. The van der Waals surface area contributed by atoms with E-state index in [9.17, 15) is 4.79 Å². The van der Waals surface area contributed by atoms with E-state index in [0.29, 0.717) is 40.2 Å². The van der Waals surface area contributed by atoms with Crippen LogP contribution in [0.15, 0.2) is 33.5 Å². The molecule has 166 valence electrons. The monoisotopic (exact) mass is 452 g/mol. The van der Waals surface area contributed by atoms with Gasteiger partial charge in [0.2, 0.25) is 11.9 Å². The van der Waals surface area contributed by atoms with Crippen LogP contribution < -0.4 is 5.32 Å². The molecule has 6 rings (SSSR count). The van der Waals surface area contributed by atoms with Crippen LogP contribution in [0.3, 0.4) is 0 Å². The standard InChI is InChI=1S/C22H25ClN8O/c1-3-30-11-15-16(28-30)8-7-14(18(15)23)19-17-20(27-26-19)25-22(29(2)21(17)32)31-12-5-4-6-13(31)10-24-9-12/h7-8,11-13,17,24H,3-6,9-10H2,1-2H3. The maximum Gasteiger partial charge on any atom is 0.246 e. The molecule has 2 saturated heterocycles. The molecule has 1 aromatic heterocycles. The third-order valence-electron chi connectivity index (χ3n) is 7.01. The molecule has 9 nitrogen and oxygen atoms in total. The van der Waals surface area contributed by atoms with E-state index in [1.54, 1.807) is 4.90 Å². The number of piperidine rings is 1. The summed E-state index contributed by atoms with van der Waals surface area (Å²) < 4.78 is 1.85. The highest BCUT2D eigenvalue weighted by Crippen LogP contribution is 2.34. The molecule has 1 amide bonds. The quantitative estimate of drug-likeness (QED) is 0.755. The van der Waals surface area contributed by atoms with Gasteiger partial charge in [-0.1, -0.05) is 11.6 Å². The minimum atomic E-state index is -0.636. The van der Waals surface area contributed by atoms with Crippen LogP contribution in [0.5, 0.6) is 0 Å². The van der Waals surface area contributed by atoms with Crippen molar-refractivity contribution in [2.45, 2.75) is 44.8 Å². The Hall–Kier alpha value is -2.78. The van der Waals surface area contributed by atoms with Crippen molar-refractivity contribution >= 4 is 45.9 Å². The van der Waals surface area contributed by atoms with Crippen molar-refractivity contribution < 1.29 is 4.79 Å². The molecule has 0 aliphatic carbocycles. The van der Waals surface area contributed by atoms with Crippen LogP contribution in [-0.2, 0) is 11.3 Å². The Kier molecular flexibility index (Phi) is 4.58. The number of carbonyl (C=O) groups excluding carboxylic acids is 1. The number of aliphatic imine (C=N–C) groups is 1. The summed E-state index contributed by atoms with van der Waals surface area (Å²) >= 11 is 6.76. The van der Waals surface area contributed by atoms with Crippen LogP contribution in [0.25, 0.3) is 10.9 Å². The number of aromatic nitrogens is 2. The summed E-state index contributed by atoms with van der Waals surface area (Å²) in [6, 6.07) is 4.49. The Labute approximate surface area is 190 Å². The number of amides is 1. The Morgan fingerprint density at radius 1 is 1.19 bits per heavy atom. The number of guanidine groups is 1. The number of amidine groups is 1. The van der Waals surface area contributed by atoms with Crippen molar-refractivity contribution in [3.05, 3.63) is 28.9 Å². The number of nitrogens with zero attached hydrogens (tertiary/aromatic N) is 7.